The maximum absolute atomic E-state index is 13.8. The van der Waals surface area contributed by atoms with Crippen LogP contribution in [-0.4, -0.2) is 40.0 Å². The standard InChI is InChI=1S/C16H17FN2O4/c1-7(2)9-5-8(17)6-10-13(9)16(23)19(15(10)22)11-3-4-12(20)18-14(11)21/h5-7,11-12,20H,3-4H2,1-2H3,(H,18,21). The van der Waals surface area contributed by atoms with E-state index in [4.69, 9.17) is 0 Å². The van der Waals surface area contributed by atoms with Gasteiger partial charge in [0.25, 0.3) is 11.8 Å². The molecule has 2 heterocycles. The summed E-state index contributed by atoms with van der Waals surface area (Å²) >= 11 is 0. The molecular weight excluding hydrogens is 303 g/mol. The fourth-order valence-electron chi connectivity index (χ4n) is 3.14. The number of carbonyl (C=O) groups excluding carboxylic acids is 3. The molecule has 3 amide bonds. The van der Waals surface area contributed by atoms with Gasteiger partial charge in [-0.2, -0.15) is 0 Å². The maximum Gasteiger partial charge on any atom is 0.262 e. The summed E-state index contributed by atoms with van der Waals surface area (Å²) in [4.78, 5) is 38.2. The number of nitrogens with one attached hydrogen (secondary N) is 1. The zero-order valence-corrected chi connectivity index (χ0v) is 12.8. The van der Waals surface area contributed by atoms with Crippen LogP contribution in [0.3, 0.4) is 0 Å². The van der Waals surface area contributed by atoms with Crippen LogP contribution >= 0.6 is 0 Å². The zero-order chi connectivity index (χ0) is 16.9. The van der Waals surface area contributed by atoms with Gasteiger partial charge < -0.3 is 10.4 Å². The van der Waals surface area contributed by atoms with Crippen molar-refractivity contribution in [1.82, 2.24) is 10.2 Å². The van der Waals surface area contributed by atoms with Crippen LogP contribution in [0.5, 0.6) is 0 Å². The Labute approximate surface area is 132 Å². The third kappa shape index (κ3) is 2.41. The van der Waals surface area contributed by atoms with E-state index in [2.05, 4.69) is 5.32 Å². The van der Waals surface area contributed by atoms with Crippen molar-refractivity contribution in [1.29, 1.82) is 0 Å². The molecule has 2 unspecified atom stereocenters. The highest BCUT2D eigenvalue weighted by atomic mass is 19.1. The highest BCUT2D eigenvalue weighted by molar-refractivity contribution is 6.23. The molecule has 122 valence electrons. The molecule has 2 N–H and O–H groups in total. The van der Waals surface area contributed by atoms with Crippen LogP contribution in [-0.2, 0) is 4.79 Å². The molecule has 3 rings (SSSR count). The molecule has 0 saturated carbocycles. The zero-order valence-electron chi connectivity index (χ0n) is 12.8. The van der Waals surface area contributed by atoms with E-state index >= 15 is 0 Å². The number of piperidine rings is 1. The Kier molecular flexibility index (Phi) is 3.68. The molecule has 0 spiro atoms. The molecular formula is C16H17FN2O4. The number of rotatable bonds is 2. The number of fused-ring (bicyclic) bond motifs is 1. The third-order valence-corrected chi connectivity index (χ3v) is 4.27. The summed E-state index contributed by atoms with van der Waals surface area (Å²) in [7, 11) is 0. The summed E-state index contributed by atoms with van der Waals surface area (Å²) in [5.41, 5.74) is 0.625. The lowest BCUT2D eigenvalue weighted by Crippen LogP contribution is -2.55. The Balaban J connectivity index is 2.04. The maximum atomic E-state index is 13.8. The molecule has 1 fully saturated rings. The minimum atomic E-state index is -0.978. The highest BCUT2D eigenvalue weighted by Crippen LogP contribution is 2.33. The molecule has 1 saturated heterocycles. The second-order valence-corrected chi connectivity index (χ2v) is 6.17. The van der Waals surface area contributed by atoms with Gasteiger partial charge in [0.15, 0.2) is 0 Å². The molecule has 6 nitrogen and oxygen atoms in total. The van der Waals surface area contributed by atoms with Crippen molar-refractivity contribution in [3.63, 3.8) is 0 Å². The topological polar surface area (TPSA) is 86.7 Å². The molecule has 0 aromatic heterocycles. The summed E-state index contributed by atoms with van der Waals surface area (Å²) < 4.78 is 13.8. The molecule has 2 aliphatic heterocycles. The molecule has 1 aromatic carbocycles. The first-order chi connectivity index (χ1) is 10.8. The first kappa shape index (κ1) is 15.6. The van der Waals surface area contributed by atoms with Gasteiger partial charge in [0.2, 0.25) is 5.91 Å². The Morgan fingerprint density at radius 2 is 1.91 bits per heavy atom. The highest BCUT2D eigenvalue weighted by Gasteiger charge is 2.45. The number of carbonyl (C=O) groups is 3. The fraction of sp³-hybridized carbons (Fsp3) is 0.438. The van der Waals surface area contributed by atoms with Crippen LogP contribution in [0.15, 0.2) is 12.1 Å². The lowest BCUT2D eigenvalue weighted by atomic mass is 9.94. The molecule has 0 bridgehead atoms. The van der Waals surface area contributed by atoms with Gasteiger partial charge in [-0.15, -0.1) is 0 Å². The number of halogens is 1. The molecule has 2 aliphatic rings. The summed E-state index contributed by atoms with van der Waals surface area (Å²) in [5.74, 6) is -2.55. The number of amides is 3. The largest absolute Gasteiger partial charge is 0.374 e. The van der Waals surface area contributed by atoms with E-state index in [1.165, 1.54) is 6.07 Å². The Morgan fingerprint density at radius 1 is 1.22 bits per heavy atom. The normalized spacial score (nSPS) is 24.2. The predicted octanol–water partition coefficient (Wildman–Crippen LogP) is 1.14. The fourth-order valence-corrected chi connectivity index (χ4v) is 3.14. The van der Waals surface area contributed by atoms with Crippen molar-refractivity contribution in [3.8, 4) is 0 Å². The molecule has 1 aromatic rings. The van der Waals surface area contributed by atoms with Crippen LogP contribution in [0.2, 0.25) is 0 Å². The number of benzene rings is 1. The minimum absolute atomic E-state index is 0.00220. The van der Waals surface area contributed by atoms with Gasteiger partial charge in [-0.1, -0.05) is 13.8 Å². The first-order valence-corrected chi connectivity index (χ1v) is 7.51. The van der Waals surface area contributed by atoms with Gasteiger partial charge in [0.1, 0.15) is 18.1 Å². The lowest BCUT2D eigenvalue weighted by Gasteiger charge is -2.31. The van der Waals surface area contributed by atoms with E-state index in [0.717, 1.165) is 11.0 Å². The van der Waals surface area contributed by atoms with Crippen molar-refractivity contribution in [2.75, 3.05) is 0 Å². The van der Waals surface area contributed by atoms with Crippen LogP contribution in [0.1, 0.15) is 58.9 Å². The van der Waals surface area contributed by atoms with Gasteiger partial charge in [-0.05, 0) is 36.5 Å². The van der Waals surface area contributed by atoms with Crippen molar-refractivity contribution < 1.29 is 23.9 Å². The van der Waals surface area contributed by atoms with Gasteiger partial charge in [-0.3, -0.25) is 19.3 Å². The summed E-state index contributed by atoms with van der Waals surface area (Å²) in [6, 6.07) is 1.31. The Morgan fingerprint density at radius 3 is 2.52 bits per heavy atom. The average Bonchev–Trinajstić information content (AvgIpc) is 2.71. The third-order valence-electron chi connectivity index (χ3n) is 4.27. The monoisotopic (exact) mass is 320 g/mol. The van der Waals surface area contributed by atoms with Gasteiger partial charge in [-0.25, -0.2) is 4.39 Å². The second kappa shape index (κ2) is 5.42. The van der Waals surface area contributed by atoms with E-state index < -0.39 is 35.8 Å². The molecule has 2 atom stereocenters. The van der Waals surface area contributed by atoms with Gasteiger partial charge in [0.05, 0.1) is 11.1 Å². The predicted molar refractivity (Wildman–Crippen MR) is 78.2 cm³/mol. The minimum Gasteiger partial charge on any atom is -0.374 e. The number of imide groups is 1. The van der Waals surface area contributed by atoms with Crippen LogP contribution in [0.25, 0.3) is 0 Å². The number of hydrogen-bond donors (Lipinski definition) is 2. The molecule has 0 aliphatic carbocycles. The molecule has 23 heavy (non-hydrogen) atoms. The average molecular weight is 320 g/mol. The summed E-state index contributed by atoms with van der Waals surface area (Å²) in [6.45, 7) is 3.61. The quantitative estimate of drug-likeness (QED) is 0.800. The Bertz CT molecular complexity index is 716. The van der Waals surface area contributed by atoms with Crippen LogP contribution < -0.4 is 5.32 Å². The number of aliphatic hydroxyl groups excluding tert-OH is 1. The van der Waals surface area contributed by atoms with Crippen LogP contribution in [0.4, 0.5) is 4.39 Å². The van der Waals surface area contributed by atoms with Crippen molar-refractivity contribution in [3.05, 3.63) is 34.6 Å². The second-order valence-electron chi connectivity index (χ2n) is 6.17. The van der Waals surface area contributed by atoms with Crippen molar-refractivity contribution in [2.45, 2.75) is 44.9 Å². The summed E-state index contributed by atoms with van der Waals surface area (Å²) in [5, 5.41) is 11.7. The van der Waals surface area contributed by atoms with Crippen molar-refractivity contribution >= 4 is 17.7 Å². The van der Waals surface area contributed by atoms with E-state index in [0.29, 0.717) is 5.56 Å². The smallest absolute Gasteiger partial charge is 0.262 e. The first-order valence-electron chi connectivity index (χ1n) is 7.51. The lowest BCUT2D eigenvalue weighted by molar-refractivity contribution is -0.131. The number of nitrogens with zero attached hydrogens (tertiary/aromatic N) is 1. The van der Waals surface area contributed by atoms with E-state index in [-0.39, 0.29) is 29.9 Å². The van der Waals surface area contributed by atoms with Gasteiger partial charge in [0, 0.05) is 0 Å². The molecule has 7 heteroatoms. The van der Waals surface area contributed by atoms with Crippen molar-refractivity contribution in [2.24, 2.45) is 0 Å². The van der Waals surface area contributed by atoms with E-state index in [9.17, 15) is 23.9 Å². The SMILES string of the molecule is CC(C)c1cc(F)cc2c1C(=O)N(C1CCC(O)NC1=O)C2=O. The van der Waals surface area contributed by atoms with E-state index in [1.54, 1.807) is 13.8 Å². The number of hydrogen-bond acceptors (Lipinski definition) is 4. The number of aliphatic hydroxyl groups is 1. The summed E-state index contributed by atoms with van der Waals surface area (Å²) in [6.07, 6.45) is -0.551. The van der Waals surface area contributed by atoms with E-state index in [1.807, 2.05) is 0 Å². The van der Waals surface area contributed by atoms with Gasteiger partial charge >= 0.3 is 0 Å². The molecule has 0 radical (unpaired) electrons. The van der Waals surface area contributed by atoms with Crippen LogP contribution in [0, 0.1) is 5.82 Å². The Hall–Kier alpha value is -2.28.